The van der Waals surface area contributed by atoms with Gasteiger partial charge < -0.3 is 15.8 Å². The summed E-state index contributed by atoms with van der Waals surface area (Å²) in [6.45, 7) is 4.15. The lowest BCUT2D eigenvalue weighted by molar-refractivity contribution is 0.148. The van der Waals surface area contributed by atoms with Crippen LogP contribution in [-0.4, -0.2) is 31.8 Å². The van der Waals surface area contributed by atoms with E-state index in [4.69, 9.17) is 10.5 Å². The number of rotatable bonds is 4. The molecule has 1 heterocycles. The smallest absolute Gasteiger partial charge is 0.0479 e. The van der Waals surface area contributed by atoms with Crippen LogP contribution in [0.25, 0.3) is 0 Å². The second kappa shape index (κ2) is 5.69. The molecule has 1 aliphatic rings. The van der Waals surface area contributed by atoms with Crippen LogP contribution in [0.1, 0.15) is 39.0 Å². The first-order chi connectivity index (χ1) is 6.72. The van der Waals surface area contributed by atoms with E-state index in [1.807, 2.05) is 0 Å². The molecule has 3 heteroatoms. The second-order valence-corrected chi connectivity index (χ2v) is 4.39. The van der Waals surface area contributed by atoms with Gasteiger partial charge >= 0.3 is 0 Å². The van der Waals surface area contributed by atoms with Crippen molar-refractivity contribution in [1.29, 1.82) is 0 Å². The Balaban J connectivity index is 2.49. The summed E-state index contributed by atoms with van der Waals surface area (Å²) in [5, 5.41) is 3.65. The van der Waals surface area contributed by atoms with Crippen molar-refractivity contribution in [3.63, 3.8) is 0 Å². The molecule has 0 amide bonds. The predicted molar refractivity (Wildman–Crippen MR) is 59.3 cm³/mol. The Morgan fingerprint density at radius 3 is 2.93 bits per heavy atom. The fourth-order valence-corrected chi connectivity index (χ4v) is 2.21. The summed E-state index contributed by atoms with van der Waals surface area (Å²) in [4.78, 5) is 0. The fourth-order valence-electron chi connectivity index (χ4n) is 2.21. The highest BCUT2D eigenvalue weighted by molar-refractivity contribution is 4.90. The summed E-state index contributed by atoms with van der Waals surface area (Å²) < 4.78 is 5.17. The van der Waals surface area contributed by atoms with Gasteiger partial charge in [0.05, 0.1) is 0 Å². The molecule has 0 aromatic rings. The van der Waals surface area contributed by atoms with Crippen LogP contribution < -0.4 is 11.1 Å². The van der Waals surface area contributed by atoms with Crippen molar-refractivity contribution in [1.82, 2.24) is 5.32 Å². The van der Waals surface area contributed by atoms with Crippen molar-refractivity contribution in [2.75, 3.05) is 20.3 Å². The predicted octanol–water partition coefficient (Wildman–Crippen LogP) is 1.27. The Kier molecular flexibility index (Phi) is 4.85. The monoisotopic (exact) mass is 200 g/mol. The van der Waals surface area contributed by atoms with Crippen molar-refractivity contribution >= 4 is 0 Å². The van der Waals surface area contributed by atoms with Crippen LogP contribution in [0.15, 0.2) is 0 Å². The standard InChI is InChI=1S/C11H24N2O/c1-3-11(7-9-14-2)6-4-10(12)5-8-13-11/h10,13H,3-9,12H2,1-2H3. The summed E-state index contributed by atoms with van der Waals surface area (Å²) >= 11 is 0. The van der Waals surface area contributed by atoms with E-state index in [0.717, 1.165) is 32.4 Å². The van der Waals surface area contributed by atoms with Gasteiger partial charge in [-0.15, -0.1) is 0 Å². The van der Waals surface area contributed by atoms with Gasteiger partial charge in [-0.2, -0.15) is 0 Å². The van der Waals surface area contributed by atoms with Gasteiger partial charge in [-0.25, -0.2) is 0 Å². The Hall–Kier alpha value is -0.120. The van der Waals surface area contributed by atoms with Gasteiger partial charge in [0.2, 0.25) is 0 Å². The van der Waals surface area contributed by atoms with Crippen LogP contribution in [0.2, 0.25) is 0 Å². The zero-order chi connectivity index (χ0) is 10.4. The molecule has 3 N–H and O–H groups in total. The lowest BCUT2D eigenvalue weighted by Gasteiger charge is -2.32. The van der Waals surface area contributed by atoms with Crippen LogP contribution in [0.3, 0.4) is 0 Å². The molecule has 0 aromatic heterocycles. The lowest BCUT2D eigenvalue weighted by Crippen LogP contribution is -2.44. The van der Waals surface area contributed by atoms with E-state index in [0.29, 0.717) is 6.04 Å². The van der Waals surface area contributed by atoms with Gasteiger partial charge in [0, 0.05) is 25.3 Å². The number of ether oxygens (including phenoxy) is 1. The second-order valence-electron chi connectivity index (χ2n) is 4.39. The highest BCUT2D eigenvalue weighted by Gasteiger charge is 2.29. The molecule has 1 rings (SSSR count). The minimum absolute atomic E-state index is 0.282. The molecule has 2 unspecified atom stereocenters. The van der Waals surface area contributed by atoms with Gasteiger partial charge in [-0.05, 0) is 38.6 Å². The van der Waals surface area contributed by atoms with Crippen LogP contribution in [0.5, 0.6) is 0 Å². The largest absolute Gasteiger partial charge is 0.385 e. The Morgan fingerprint density at radius 2 is 2.29 bits per heavy atom. The van der Waals surface area contributed by atoms with Gasteiger partial charge in [0.1, 0.15) is 0 Å². The maximum atomic E-state index is 5.97. The molecule has 0 saturated carbocycles. The normalized spacial score (nSPS) is 34.1. The molecule has 2 atom stereocenters. The molecular weight excluding hydrogens is 176 g/mol. The van der Waals surface area contributed by atoms with E-state index in [-0.39, 0.29) is 5.54 Å². The fraction of sp³-hybridized carbons (Fsp3) is 1.00. The summed E-state index contributed by atoms with van der Waals surface area (Å²) in [7, 11) is 1.77. The van der Waals surface area contributed by atoms with Crippen molar-refractivity contribution in [2.45, 2.75) is 50.6 Å². The van der Waals surface area contributed by atoms with Crippen molar-refractivity contribution in [2.24, 2.45) is 5.73 Å². The molecular formula is C11H24N2O. The quantitative estimate of drug-likeness (QED) is 0.718. The Labute approximate surface area is 87.4 Å². The Morgan fingerprint density at radius 1 is 1.50 bits per heavy atom. The molecule has 0 spiro atoms. The average molecular weight is 200 g/mol. The number of nitrogens with one attached hydrogen (secondary N) is 1. The van der Waals surface area contributed by atoms with Crippen LogP contribution in [0.4, 0.5) is 0 Å². The molecule has 0 aromatic carbocycles. The van der Waals surface area contributed by atoms with Crippen molar-refractivity contribution in [3.05, 3.63) is 0 Å². The van der Waals surface area contributed by atoms with E-state index >= 15 is 0 Å². The van der Waals surface area contributed by atoms with Gasteiger partial charge in [0.25, 0.3) is 0 Å². The zero-order valence-electron chi connectivity index (χ0n) is 9.51. The van der Waals surface area contributed by atoms with E-state index in [1.165, 1.54) is 12.8 Å². The summed E-state index contributed by atoms with van der Waals surface area (Å²) in [5.41, 5.74) is 6.25. The molecule has 14 heavy (non-hydrogen) atoms. The van der Waals surface area contributed by atoms with Crippen molar-refractivity contribution < 1.29 is 4.74 Å². The van der Waals surface area contributed by atoms with Gasteiger partial charge in [-0.1, -0.05) is 6.92 Å². The third-order valence-electron chi connectivity index (χ3n) is 3.47. The number of methoxy groups -OCH3 is 1. The average Bonchev–Trinajstić information content (AvgIpc) is 2.39. The highest BCUT2D eigenvalue weighted by atomic mass is 16.5. The van der Waals surface area contributed by atoms with Gasteiger partial charge in [0.15, 0.2) is 0 Å². The first-order valence-electron chi connectivity index (χ1n) is 5.72. The van der Waals surface area contributed by atoms with Crippen molar-refractivity contribution in [3.8, 4) is 0 Å². The number of nitrogens with two attached hydrogens (primary N) is 1. The SMILES string of the molecule is CCC1(CCOC)CCC(N)CCN1. The first-order valence-corrected chi connectivity index (χ1v) is 5.72. The van der Waals surface area contributed by atoms with E-state index in [2.05, 4.69) is 12.2 Å². The first kappa shape index (κ1) is 12.0. The molecule has 0 radical (unpaired) electrons. The lowest BCUT2D eigenvalue weighted by atomic mass is 9.87. The third-order valence-corrected chi connectivity index (χ3v) is 3.47. The third kappa shape index (κ3) is 3.23. The van der Waals surface area contributed by atoms with E-state index in [1.54, 1.807) is 7.11 Å². The minimum atomic E-state index is 0.282. The molecule has 1 saturated heterocycles. The van der Waals surface area contributed by atoms with Crippen LogP contribution in [0, 0.1) is 0 Å². The summed E-state index contributed by atoms with van der Waals surface area (Å²) in [6.07, 6.45) is 5.71. The Bertz CT molecular complexity index is 159. The van der Waals surface area contributed by atoms with E-state index in [9.17, 15) is 0 Å². The molecule has 1 aliphatic heterocycles. The number of hydrogen-bond acceptors (Lipinski definition) is 3. The van der Waals surface area contributed by atoms with E-state index < -0.39 is 0 Å². The molecule has 3 nitrogen and oxygen atoms in total. The molecule has 1 fully saturated rings. The summed E-state index contributed by atoms with van der Waals surface area (Å²) in [5.74, 6) is 0. The highest BCUT2D eigenvalue weighted by Crippen LogP contribution is 2.25. The van der Waals surface area contributed by atoms with Crippen LogP contribution >= 0.6 is 0 Å². The summed E-state index contributed by atoms with van der Waals surface area (Å²) in [6, 6.07) is 0.387. The zero-order valence-corrected chi connectivity index (χ0v) is 9.51. The maximum Gasteiger partial charge on any atom is 0.0479 e. The molecule has 0 aliphatic carbocycles. The number of hydrogen-bond donors (Lipinski definition) is 2. The molecule has 84 valence electrons. The van der Waals surface area contributed by atoms with Gasteiger partial charge in [-0.3, -0.25) is 0 Å². The molecule has 0 bridgehead atoms. The topological polar surface area (TPSA) is 47.3 Å². The van der Waals surface area contributed by atoms with Crippen LogP contribution in [-0.2, 0) is 4.74 Å². The maximum absolute atomic E-state index is 5.97. The minimum Gasteiger partial charge on any atom is -0.385 e.